The van der Waals surface area contributed by atoms with Crippen LogP contribution in [0.25, 0.3) is 0 Å². The number of aliphatic imine (C=N–C) groups is 2. The molecule has 0 bridgehead atoms. The van der Waals surface area contributed by atoms with Gasteiger partial charge in [0.1, 0.15) is 23.5 Å². The van der Waals surface area contributed by atoms with Gasteiger partial charge >= 0.3 is 0 Å². The molecule has 0 fully saturated rings. The average Bonchev–Trinajstić information content (AvgIpc) is 3.03. The first-order chi connectivity index (χ1) is 10.5. The van der Waals surface area contributed by atoms with Crippen molar-refractivity contribution >= 4 is 47.2 Å². The zero-order valence-corrected chi connectivity index (χ0v) is 12.6. The monoisotopic (exact) mass is 321 g/mol. The van der Waals surface area contributed by atoms with Gasteiger partial charge in [0.2, 0.25) is 5.91 Å². The van der Waals surface area contributed by atoms with Gasteiger partial charge in [-0.2, -0.15) is 24.9 Å². The smallest absolute Gasteiger partial charge is 0.265 e. The second-order valence-corrected chi connectivity index (χ2v) is 5.02. The fourth-order valence-corrected chi connectivity index (χ4v) is 2.18. The molecule has 2 aliphatic rings. The van der Waals surface area contributed by atoms with E-state index in [1.807, 2.05) is 0 Å². The van der Waals surface area contributed by atoms with Crippen LogP contribution in [0.5, 0.6) is 0 Å². The second-order valence-electron chi connectivity index (χ2n) is 4.75. The van der Waals surface area contributed by atoms with Crippen LogP contribution in [0.15, 0.2) is 21.2 Å². The third kappa shape index (κ3) is 2.39. The maximum absolute atomic E-state index is 12.1. The van der Waals surface area contributed by atoms with E-state index in [-0.39, 0.29) is 17.7 Å². The maximum atomic E-state index is 12.1. The van der Waals surface area contributed by atoms with Gasteiger partial charge in [0, 0.05) is 19.3 Å². The van der Waals surface area contributed by atoms with Crippen LogP contribution in [0, 0.1) is 12.8 Å². The number of amides is 2. The topological polar surface area (TPSA) is 104 Å². The quantitative estimate of drug-likeness (QED) is 0.777. The molecule has 0 aliphatic carbocycles. The number of rotatable bonds is 2. The summed E-state index contributed by atoms with van der Waals surface area (Å²) in [6.07, 6.45) is 1.49. The Balaban J connectivity index is 2.00. The minimum Gasteiger partial charge on any atom is -0.309 e. The van der Waals surface area contributed by atoms with Gasteiger partial charge in [-0.05, 0) is 6.92 Å². The SMILES string of the molecule is Cc1cc(NC(=O)CCl)n(C2=NC(=O)C3C=NN(C)C3=N2)n1. The lowest BCUT2D eigenvalue weighted by Gasteiger charge is -2.17. The van der Waals surface area contributed by atoms with Gasteiger partial charge in [-0.1, -0.05) is 0 Å². The molecule has 0 spiro atoms. The Hall–Kier alpha value is -2.55. The van der Waals surface area contributed by atoms with Crippen molar-refractivity contribution in [3.8, 4) is 0 Å². The molecule has 0 radical (unpaired) electrons. The minimum absolute atomic E-state index is 0.0755. The van der Waals surface area contributed by atoms with Crippen LogP contribution in [0.4, 0.5) is 5.82 Å². The van der Waals surface area contributed by atoms with E-state index in [9.17, 15) is 9.59 Å². The highest BCUT2D eigenvalue weighted by atomic mass is 35.5. The lowest BCUT2D eigenvalue weighted by Crippen LogP contribution is -2.35. The zero-order valence-electron chi connectivity index (χ0n) is 11.8. The Kier molecular flexibility index (Phi) is 3.49. The summed E-state index contributed by atoms with van der Waals surface area (Å²) < 4.78 is 1.30. The lowest BCUT2D eigenvalue weighted by atomic mass is 10.1. The molecule has 22 heavy (non-hydrogen) atoms. The number of alkyl halides is 1. The number of nitrogens with zero attached hydrogens (tertiary/aromatic N) is 6. The van der Waals surface area contributed by atoms with Gasteiger partial charge in [-0.25, -0.2) is 0 Å². The van der Waals surface area contributed by atoms with E-state index in [1.165, 1.54) is 15.9 Å². The molecule has 1 N–H and O–H groups in total. The Morgan fingerprint density at radius 2 is 2.23 bits per heavy atom. The third-order valence-corrected chi connectivity index (χ3v) is 3.34. The summed E-state index contributed by atoms with van der Waals surface area (Å²) in [5.74, 6) is -0.633. The molecule has 0 saturated carbocycles. The number of aromatic nitrogens is 2. The first kappa shape index (κ1) is 14.4. The van der Waals surface area contributed by atoms with Gasteiger partial charge in [0.05, 0.1) is 5.69 Å². The van der Waals surface area contributed by atoms with Crippen molar-refractivity contribution in [3.63, 3.8) is 0 Å². The Labute approximate surface area is 130 Å². The largest absolute Gasteiger partial charge is 0.309 e. The molecule has 114 valence electrons. The van der Waals surface area contributed by atoms with Gasteiger partial charge in [-0.15, -0.1) is 11.6 Å². The summed E-state index contributed by atoms with van der Waals surface area (Å²) >= 11 is 5.49. The van der Waals surface area contributed by atoms with E-state index in [2.05, 4.69) is 25.5 Å². The van der Waals surface area contributed by atoms with Crippen LogP contribution >= 0.6 is 11.6 Å². The fourth-order valence-electron chi connectivity index (χ4n) is 2.12. The van der Waals surface area contributed by atoms with Gasteiger partial charge < -0.3 is 5.32 Å². The number of anilines is 1. The highest BCUT2D eigenvalue weighted by Gasteiger charge is 2.35. The van der Waals surface area contributed by atoms with Crippen molar-refractivity contribution in [2.75, 3.05) is 18.2 Å². The summed E-state index contributed by atoms with van der Waals surface area (Å²) in [7, 11) is 1.69. The molecule has 3 rings (SSSR count). The van der Waals surface area contributed by atoms with Crippen molar-refractivity contribution < 1.29 is 9.59 Å². The zero-order chi connectivity index (χ0) is 15.9. The van der Waals surface area contributed by atoms with E-state index in [0.29, 0.717) is 17.3 Å². The predicted octanol–water partition coefficient (Wildman–Crippen LogP) is 0.0590. The van der Waals surface area contributed by atoms with Crippen LogP contribution in [0.1, 0.15) is 5.69 Å². The number of hydrogen-bond acceptors (Lipinski definition) is 6. The summed E-state index contributed by atoms with van der Waals surface area (Å²) in [6.45, 7) is 1.75. The fraction of sp³-hybridized carbons (Fsp3) is 0.333. The van der Waals surface area contributed by atoms with Gasteiger partial charge in [-0.3, -0.25) is 14.6 Å². The van der Waals surface area contributed by atoms with E-state index < -0.39 is 11.8 Å². The standard InChI is InChI=1S/C12H12ClN7O2/c1-6-3-8(15-9(21)4-13)20(18-6)12-16-10-7(11(22)17-12)5-14-19(10)2/h3,5,7H,4H2,1-2H3,(H,15,21). The molecule has 9 nitrogen and oxygen atoms in total. The molecule has 0 saturated heterocycles. The van der Waals surface area contributed by atoms with Gasteiger partial charge in [0.15, 0.2) is 0 Å². The molecule has 1 unspecified atom stereocenters. The summed E-state index contributed by atoms with van der Waals surface area (Å²) in [5.41, 5.74) is 0.637. The number of hydrogen-bond donors (Lipinski definition) is 1. The first-order valence-electron chi connectivity index (χ1n) is 6.41. The van der Waals surface area contributed by atoms with Crippen molar-refractivity contribution in [2.45, 2.75) is 6.92 Å². The number of carbonyl (C=O) groups excluding carboxylic acids is 2. The summed E-state index contributed by atoms with van der Waals surface area (Å²) in [4.78, 5) is 31.8. The van der Waals surface area contributed by atoms with Crippen LogP contribution in [0.3, 0.4) is 0 Å². The Bertz CT molecular complexity index is 749. The van der Waals surface area contributed by atoms with Crippen molar-refractivity contribution in [3.05, 3.63) is 11.8 Å². The maximum Gasteiger partial charge on any atom is 0.265 e. The number of fused-ring (bicyclic) bond motifs is 1. The minimum atomic E-state index is -0.564. The molecule has 2 aliphatic heterocycles. The van der Waals surface area contributed by atoms with E-state index in [0.717, 1.165) is 0 Å². The van der Waals surface area contributed by atoms with Crippen molar-refractivity contribution in [1.29, 1.82) is 0 Å². The molecule has 10 heteroatoms. The highest BCUT2D eigenvalue weighted by molar-refractivity contribution is 6.29. The van der Waals surface area contributed by atoms with Crippen molar-refractivity contribution in [1.82, 2.24) is 14.8 Å². The molecule has 1 aromatic rings. The Morgan fingerprint density at radius 1 is 1.45 bits per heavy atom. The second kappa shape index (κ2) is 5.34. The van der Waals surface area contributed by atoms with Crippen LogP contribution in [-0.4, -0.2) is 57.5 Å². The lowest BCUT2D eigenvalue weighted by molar-refractivity contribution is -0.118. The van der Waals surface area contributed by atoms with Crippen LogP contribution < -0.4 is 5.32 Å². The number of amidine groups is 1. The van der Waals surface area contributed by atoms with Gasteiger partial charge in [0.25, 0.3) is 11.9 Å². The van der Waals surface area contributed by atoms with E-state index in [4.69, 9.17) is 11.6 Å². The molecule has 3 heterocycles. The number of hydrazone groups is 1. The third-order valence-electron chi connectivity index (χ3n) is 3.10. The molecule has 1 aromatic heterocycles. The molecular weight excluding hydrogens is 310 g/mol. The molecule has 1 atom stereocenters. The van der Waals surface area contributed by atoms with E-state index in [1.54, 1.807) is 20.0 Å². The summed E-state index contributed by atoms with van der Waals surface area (Å²) in [6, 6.07) is 1.64. The number of halogens is 1. The predicted molar refractivity (Wildman–Crippen MR) is 81.3 cm³/mol. The van der Waals surface area contributed by atoms with Crippen LogP contribution in [0.2, 0.25) is 0 Å². The molecule has 0 aromatic carbocycles. The number of carbonyl (C=O) groups is 2. The number of aryl methyl sites for hydroxylation is 1. The molecule has 2 amide bonds. The molecular formula is C12H12ClN7O2. The first-order valence-corrected chi connectivity index (χ1v) is 6.95. The Morgan fingerprint density at radius 3 is 2.95 bits per heavy atom. The number of nitrogens with one attached hydrogen (secondary N) is 1. The van der Waals surface area contributed by atoms with Crippen LogP contribution in [-0.2, 0) is 9.59 Å². The highest BCUT2D eigenvalue weighted by Crippen LogP contribution is 2.19. The van der Waals surface area contributed by atoms with E-state index >= 15 is 0 Å². The van der Waals surface area contributed by atoms with Crippen molar-refractivity contribution in [2.24, 2.45) is 21.0 Å². The normalized spacial score (nSPS) is 19.9. The summed E-state index contributed by atoms with van der Waals surface area (Å²) in [5, 5.41) is 12.3. The average molecular weight is 322 g/mol.